The first-order chi connectivity index (χ1) is 3.13. The molecule has 0 saturated carbocycles. The molecule has 0 bridgehead atoms. The lowest BCUT2D eigenvalue weighted by atomic mass is 11.0. The molecule has 0 unspecified atom stereocenters. The van der Waals surface area contributed by atoms with Crippen molar-refractivity contribution in [3.8, 4) is 0 Å². The van der Waals surface area contributed by atoms with Crippen molar-refractivity contribution in [1.82, 2.24) is 5.32 Å². The highest BCUT2D eigenvalue weighted by molar-refractivity contribution is 7.83. The number of thiocarbonyl (C=S) groups is 1. The van der Waals surface area contributed by atoms with Gasteiger partial charge in [-0.25, -0.2) is 4.79 Å². The van der Waals surface area contributed by atoms with Gasteiger partial charge in [0.2, 0.25) is 0 Å². The van der Waals surface area contributed by atoms with Crippen LogP contribution in [0.5, 0.6) is 0 Å². The summed E-state index contributed by atoms with van der Waals surface area (Å²) >= 11 is 9.22. The molecule has 0 spiro atoms. The minimum atomic E-state index is -0.736. The van der Waals surface area contributed by atoms with Crippen LogP contribution in [0.2, 0.25) is 0 Å². The number of carbonyl (C=O) groups excluding carboxylic acids is 1. The van der Waals surface area contributed by atoms with Gasteiger partial charge in [0, 0.05) is 0 Å². The quantitative estimate of drug-likeness (QED) is 0.285. The van der Waals surface area contributed by atoms with Crippen LogP contribution < -0.4 is 11.1 Å². The van der Waals surface area contributed by atoms with Gasteiger partial charge in [0.05, 0.1) is 0 Å². The molecule has 0 rings (SSSR count). The summed E-state index contributed by atoms with van der Waals surface area (Å²) < 4.78 is -0.132. The largest absolute Gasteiger partial charge is 0.351 e. The highest BCUT2D eigenvalue weighted by Gasteiger charge is 1.89. The first-order valence-corrected chi connectivity index (χ1v) is 2.17. The molecule has 0 aromatic rings. The number of nitrogens with one attached hydrogen (secondary N) is 1. The summed E-state index contributed by atoms with van der Waals surface area (Å²) in [6.07, 6.45) is 0. The Hall–Kier alpha value is -0.350. The van der Waals surface area contributed by atoms with Crippen LogP contribution in [0, 0.1) is 0 Å². The molecular weight excluding hydrogens is 136 g/mol. The Kier molecular flexibility index (Phi) is 2.62. The number of hydrogen-bond acceptors (Lipinski definition) is 2. The van der Waals surface area contributed by atoms with E-state index in [-0.39, 0.29) is 4.45 Å². The molecule has 0 aliphatic rings. The number of primary amides is 1. The summed E-state index contributed by atoms with van der Waals surface area (Å²) in [7, 11) is 0. The van der Waals surface area contributed by atoms with Crippen molar-refractivity contribution in [2.45, 2.75) is 0 Å². The highest BCUT2D eigenvalue weighted by atomic mass is 35.5. The van der Waals surface area contributed by atoms with Crippen LogP contribution in [0.15, 0.2) is 0 Å². The zero-order valence-electron chi connectivity index (χ0n) is 3.27. The second kappa shape index (κ2) is 2.76. The zero-order chi connectivity index (χ0) is 5.86. The number of nitrogens with two attached hydrogens (primary N) is 1. The molecule has 3 N–H and O–H groups in total. The molecule has 0 aromatic carbocycles. The smallest absolute Gasteiger partial charge is 0.317 e. The monoisotopic (exact) mass is 138 g/mol. The van der Waals surface area contributed by atoms with Gasteiger partial charge in [0.15, 0.2) is 4.45 Å². The molecule has 0 radical (unpaired) electrons. The normalized spacial score (nSPS) is 7.57. The van der Waals surface area contributed by atoms with Gasteiger partial charge in [-0.2, -0.15) is 0 Å². The molecule has 3 nitrogen and oxygen atoms in total. The number of carbonyl (C=O) groups is 1. The number of rotatable bonds is 0. The first kappa shape index (κ1) is 6.65. The fraction of sp³-hybridized carbons (Fsp3) is 0. The number of hydrogen-bond donors (Lipinski definition) is 2. The van der Waals surface area contributed by atoms with E-state index in [4.69, 9.17) is 11.6 Å². The molecule has 0 aliphatic carbocycles. The first-order valence-electron chi connectivity index (χ1n) is 1.39. The van der Waals surface area contributed by atoms with E-state index < -0.39 is 6.03 Å². The molecule has 5 heteroatoms. The van der Waals surface area contributed by atoms with Crippen molar-refractivity contribution in [3.63, 3.8) is 0 Å². The molecule has 0 heterocycles. The van der Waals surface area contributed by atoms with E-state index in [1.54, 1.807) is 0 Å². The third-order valence-corrected chi connectivity index (χ3v) is 0.418. The third kappa shape index (κ3) is 5.65. The van der Waals surface area contributed by atoms with Crippen LogP contribution in [0.1, 0.15) is 0 Å². The van der Waals surface area contributed by atoms with E-state index in [0.29, 0.717) is 0 Å². The fourth-order valence-electron chi connectivity index (χ4n) is 0.0969. The minimum absolute atomic E-state index is 0.132. The lowest BCUT2D eigenvalue weighted by Crippen LogP contribution is -2.30. The zero-order valence-corrected chi connectivity index (χ0v) is 4.84. The highest BCUT2D eigenvalue weighted by Crippen LogP contribution is 1.74. The SMILES string of the molecule is NC(=O)NC(=S)Cl. The Morgan fingerprint density at radius 2 is 2.29 bits per heavy atom. The maximum atomic E-state index is 9.75. The maximum Gasteiger partial charge on any atom is 0.317 e. The van der Waals surface area contributed by atoms with Gasteiger partial charge in [0.25, 0.3) is 0 Å². The summed E-state index contributed by atoms with van der Waals surface area (Å²) in [5.41, 5.74) is 4.57. The predicted octanol–water partition coefficient (Wildman–Crippen LogP) is 0.178. The van der Waals surface area contributed by atoms with Crippen LogP contribution in [0.4, 0.5) is 4.79 Å². The van der Waals surface area contributed by atoms with Gasteiger partial charge in [-0.05, 0) is 12.2 Å². The predicted molar refractivity (Wildman–Crippen MR) is 31.2 cm³/mol. The Bertz CT molecular complexity index is 91.9. The summed E-state index contributed by atoms with van der Waals surface area (Å²) in [4.78, 5) is 9.75. The van der Waals surface area contributed by atoms with Crippen molar-refractivity contribution in [2.24, 2.45) is 5.73 Å². The van der Waals surface area contributed by atoms with E-state index in [1.807, 2.05) is 5.32 Å². The van der Waals surface area contributed by atoms with Crippen LogP contribution >= 0.6 is 23.8 Å². The number of halogens is 1. The van der Waals surface area contributed by atoms with Gasteiger partial charge >= 0.3 is 6.03 Å². The van der Waals surface area contributed by atoms with Crippen LogP contribution in [0.25, 0.3) is 0 Å². The van der Waals surface area contributed by atoms with Gasteiger partial charge < -0.3 is 5.73 Å². The topological polar surface area (TPSA) is 55.1 Å². The molecule has 0 saturated heterocycles. The summed E-state index contributed by atoms with van der Waals surface area (Å²) in [5, 5.41) is 1.94. The minimum Gasteiger partial charge on any atom is -0.351 e. The van der Waals surface area contributed by atoms with Crippen molar-refractivity contribution in [1.29, 1.82) is 0 Å². The second-order valence-corrected chi connectivity index (χ2v) is 1.77. The van der Waals surface area contributed by atoms with Crippen molar-refractivity contribution in [2.75, 3.05) is 0 Å². The fourth-order valence-corrected chi connectivity index (χ4v) is 0.291. The summed E-state index contributed by atoms with van der Waals surface area (Å²) in [6.45, 7) is 0. The van der Waals surface area contributed by atoms with E-state index in [1.165, 1.54) is 0 Å². The molecule has 0 aliphatic heterocycles. The van der Waals surface area contributed by atoms with Crippen LogP contribution in [-0.2, 0) is 0 Å². The number of amides is 2. The third-order valence-electron chi connectivity index (χ3n) is 0.221. The standard InChI is InChI=1S/C2H3ClN2OS/c3-1(7)5-2(4)6/h(H3,4,5,6,7). The molecule has 2 amide bonds. The molecule has 7 heavy (non-hydrogen) atoms. The second-order valence-electron chi connectivity index (χ2n) is 0.763. The van der Waals surface area contributed by atoms with E-state index in [2.05, 4.69) is 18.0 Å². The lowest BCUT2D eigenvalue weighted by Gasteiger charge is -1.89. The maximum absolute atomic E-state index is 9.75. The molecular formula is C2H3ClN2OS. The molecule has 0 atom stereocenters. The Morgan fingerprint density at radius 3 is 2.29 bits per heavy atom. The Labute approximate surface area is 50.8 Å². The van der Waals surface area contributed by atoms with E-state index in [0.717, 1.165) is 0 Å². The van der Waals surface area contributed by atoms with Crippen LogP contribution in [-0.4, -0.2) is 10.5 Å². The van der Waals surface area contributed by atoms with Crippen LogP contribution in [0.3, 0.4) is 0 Å². The Balaban J connectivity index is 3.32. The van der Waals surface area contributed by atoms with Gasteiger partial charge in [-0.15, -0.1) is 0 Å². The van der Waals surface area contributed by atoms with Crippen molar-refractivity contribution < 1.29 is 4.79 Å². The van der Waals surface area contributed by atoms with Gasteiger partial charge in [-0.1, -0.05) is 11.6 Å². The van der Waals surface area contributed by atoms with E-state index >= 15 is 0 Å². The summed E-state index contributed by atoms with van der Waals surface area (Å²) in [5.74, 6) is 0. The lowest BCUT2D eigenvalue weighted by molar-refractivity contribution is 0.253. The van der Waals surface area contributed by atoms with Gasteiger partial charge in [-0.3, -0.25) is 5.32 Å². The molecule has 0 fully saturated rings. The Morgan fingerprint density at radius 1 is 1.86 bits per heavy atom. The van der Waals surface area contributed by atoms with Gasteiger partial charge in [0.1, 0.15) is 0 Å². The average Bonchev–Trinajstić information content (AvgIpc) is 1.27. The van der Waals surface area contributed by atoms with Crippen molar-refractivity contribution in [3.05, 3.63) is 0 Å². The van der Waals surface area contributed by atoms with Crippen molar-refractivity contribution >= 4 is 34.3 Å². The average molecular weight is 139 g/mol. The van der Waals surface area contributed by atoms with E-state index in [9.17, 15) is 4.79 Å². The summed E-state index contributed by atoms with van der Waals surface area (Å²) in [6, 6.07) is -0.736. The molecule has 0 aromatic heterocycles. The molecule has 40 valence electrons. The number of urea groups is 1.